The first-order valence-electron chi connectivity index (χ1n) is 4.95. The number of carbonyl (C=O) groups excluding carboxylic acids is 1. The first-order chi connectivity index (χ1) is 8.54. The van der Waals surface area contributed by atoms with E-state index in [1.807, 2.05) is 17.1 Å². The third-order valence-corrected chi connectivity index (χ3v) is 2.83. The van der Waals surface area contributed by atoms with E-state index >= 15 is 0 Å². The van der Waals surface area contributed by atoms with E-state index in [0.717, 1.165) is 9.64 Å². The van der Waals surface area contributed by atoms with Crippen molar-refractivity contribution in [3.05, 3.63) is 60.4 Å². The zero-order chi connectivity index (χ0) is 13.1. The quantitative estimate of drug-likeness (QED) is 0.698. The van der Waals surface area contributed by atoms with E-state index in [1.54, 1.807) is 12.1 Å². The molecule has 2 rings (SSSR count). The van der Waals surface area contributed by atoms with Gasteiger partial charge in [0.1, 0.15) is 5.69 Å². The molecule has 3 N–H and O–H groups in total. The van der Waals surface area contributed by atoms with Crippen LogP contribution in [0.5, 0.6) is 0 Å². The Morgan fingerprint density at radius 1 is 1.11 bits per heavy atom. The van der Waals surface area contributed by atoms with Gasteiger partial charge < -0.3 is 10.3 Å². The topological polar surface area (TPSA) is 94.8 Å². The molecule has 1 aromatic heterocycles. The lowest BCUT2D eigenvalue weighted by molar-refractivity contribution is 0.102. The maximum absolute atomic E-state index is 11.8. The fraction of sp³-hybridized carbons (Fsp3) is 0. The first-order valence-corrected chi connectivity index (χ1v) is 6.03. The average Bonchev–Trinajstić information content (AvgIpc) is 2.31. The Labute approximate surface area is 115 Å². The molecule has 0 bridgehead atoms. The van der Waals surface area contributed by atoms with Crippen molar-refractivity contribution in [1.29, 1.82) is 0 Å². The highest BCUT2D eigenvalue weighted by atomic mass is 127. The van der Waals surface area contributed by atoms with Crippen LogP contribution in [0.4, 0.5) is 5.69 Å². The summed E-state index contributed by atoms with van der Waals surface area (Å²) in [5.74, 6) is -0.542. The van der Waals surface area contributed by atoms with Crippen molar-refractivity contribution in [3.8, 4) is 0 Å². The van der Waals surface area contributed by atoms with Crippen molar-refractivity contribution in [2.75, 3.05) is 5.32 Å². The van der Waals surface area contributed by atoms with Crippen LogP contribution in [0, 0.1) is 3.57 Å². The van der Waals surface area contributed by atoms with Crippen LogP contribution in [-0.4, -0.2) is 15.9 Å². The van der Waals surface area contributed by atoms with Gasteiger partial charge in [0.2, 0.25) is 0 Å². The molecule has 7 heteroatoms. The summed E-state index contributed by atoms with van der Waals surface area (Å²) in [5.41, 5.74) is -0.828. The fourth-order valence-corrected chi connectivity index (χ4v) is 1.68. The minimum absolute atomic E-state index is 0.0812. The smallest absolute Gasteiger partial charge is 0.321 e. The summed E-state index contributed by atoms with van der Waals surface area (Å²) < 4.78 is 1.04. The van der Waals surface area contributed by atoms with Gasteiger partial charge in [-0.05, 0) is 46.9 Å². The summed E-state index contributed by atoms with van der Waals surface area (Å²) in [6.07, 6.45) is 0. The summed E-state index contributed by atoms with van der Waals surface area (Å²) in [6, 6.07) is 8.15. The molecule has 0 aliphatic carbocycles. The number of carbonyl (C=O) groups is 1. The number of nitrogens with one attached hydrogen (secondary N) is 3. The monoisotopic (exact) mass is 357 g/mol. The SMILES string of the molecule is O=C(Nc1ccc(I)cc1)c1cc(=O)[nH]c(=O)[nH]1. The van der Waals surface area contributed by atoms with E-state index in [1.165, 1.54) is 0 Å². The molecule has 2 aromatic rings. The zero-order valence-corrected chi connectivity index (χ0v) is 11.1. The Kier molecular flexibility index (Phi) is 3.60. The fourth-order valence-electron chi connectivity index (χ4n) is 1.32. The molecule has 0 aliphatic heterocycles. The molecule has 0 fully saturated rings. The summed E-state index contributed by atoms with van der Waals surface area (Å²) in [7, 11) is 0. The zero-order valence-electron chi connectivity index (χ0n) is 8.99. The molecule has 1 amide bonds. The molecule has 92 valence electrons. The number of benzene rings is 1. The van der Waals surface area contributed by atoms with Crippen LogP contribution in [0.3, 0.4) is 0 Å². The Morgan fingerprint density at radius 3 is 2.39 bits per heavy atom. The van der Waals surface area contributed by atoms with Gasteiger partial charge in [-0.1, -0.05) is 0 Å². The molecule has 18 heavy (non-hydrogen) atoms. The van der Waals surface area contributed by atoms with Gasteiger partial charge in [0.05, 0.1) is 0 Å². The molecule has 0 aliphatic rings. The third kappa shape index (κ3) is 3.06. The molecule has 0 radical (unpaired) electrons. The number of rotatable bonds is 2. The predicted octanol–water partition coefficient (Wildman–Crippen LogP) is 0.920. The second-order valence-corrected chi connectivity index (χ2v) is 4.71. The summed E-state index contributed by atoms with van der Waals surface area (Å²) >= 11 is 2.14. The van der Waals surface area contributed by atoms with E-state index in [-0.39, 0.29) is 5.69 Å². The van der Waals surface area contributed by atoms with Crippen LogP contribution in [0.1, 0.15) is 10.5 Å². The maximum atomic E-state index is 11.8. The van der Waals surface area contributed by atoms with Crippen molar-refractivity contribution >= 4 is 34.2 Å². The number of halogens is 1. The molecular weight excluding hydrogens is 349 g/mol. The second-order valence-electron chi connectivity index (χ2n) is 3.46. The molecule has 0 saturated carbocycles. The summed E-state index contributed by atoms with van der Waals surface area (Å²) in [5, 5.41) is 2.57. The molecule has 1 heterocycles. The van der Waals surface area contributed by atoms with E-state index < -0.39 is 17.2 Å². The van der Waals surface area contributed by atoms with Crippen molar-refractivity contribution in [2.45, 2.75) is 0 Å². The van der Waals surface area contributed by atoms with Crippen LogP contribution < -0.4 is 16.6 Å². The third-order valence-electron chi connectivity index (χ3n) is 2.11. The summed E-state index contributed by atoms with van der Waals surface area (Å²) in [4.78, 5) is 38.1. The molecule has 0 atom stereocenters. The van der Waals surface area contributed by atoms with Gasteiger partial charge in [-0.3, -0.25) is 14.6 Å². The van der Waals surface area contributed by atoms with Crippen molar-refractivity contribution in [2.24, 2.45) is 0 Å². The van der Waals surface area contributed by atoms with E-state index in [4.69, 9.17) is 0 Å². The number of anilines is 1. The lowest BCUT2D eigenvalue weighted by Gasteiger charge is -2.04. The highest BCUT2D eigenvalue weighted by Crippen LogP contribution is 2.11. The van der Waals surface area contributed by atoms with Crippen LogP contribution in [-0.2, 0) is 0 Å². The molecular formula is C11H8IN3O3. The first kappa shape index (κ1) is 12.6. The number of aromatic amines is 2. The van der Waals surface area contributed by atoms with Gasteiger partial charge in [0, 0.05) is 15.3 Å². The molecule has 6 nitrogen and oxygen atoms in total. The largest absolute Gasteiger partial charge is 0.326 e. The van der Waals surface area contributed by atoms with Gasteiger partial charge in [-0.15, -0.1) is 0 Å². The number of H-pyrrole nitrogens is 2. The van der Waals surface area contributed by atoms with Gasteiger partial charge >= 0.3 is 5.69 Å². The standard InChI is InChI=1S/C11H8IN3O3/c12-6-1-3-7(4-2-6)13-10(17)8-5-9(16)15-11(18)14-8/h1-5H,(H,13,17)(H2,14,15,16,18). The van der Waals surface area contributed by atoms with Crippen LogP contribution in [0.2, 0.25) is 0 Å². The van der Waals surface area contributed by atoms with Gasteiger partial charge in [0.15, 0.2) is 0 Å². The maximum Gasteiger partial charge on any atom is 0.326 e. The van der Waals surface area contributed by atoms with Crippen molar-refractivity contribution in [3.63, 3.8) is 0 Å². The Hall–Kier alpha value is -1.90. The number of hydrogen-bond donors (Lipinski definition) is 3. The number of hydrogen-bond acceptors (Lipinski definition) is 3. The van der Waals surface area contributed by atoms with Gasteiger partial charge in [-0.2, -0.15) is 0 Å². The minimum Gasteiger partial charge on any atom is -0.321 e. The highest BCUT2D eigenvalue weighted by molar-refractivity contribution is 14.1. The van der Waals surface area contributed by atoms with Gasteiger partial charge in [0.25, 0.3) is 11.5 Å². The number of amides is 1. The average molecular weight is 357 g/mol. The van der Waals surface area contributed by atoms with E-state index in [2.05, 4.69) is 32.9 Å². The lowest BCUT2D eigenvalue weighted by atomic mass is 10.3. The van der Waals surface area contributed by atoms with E-state index in [0.29, 0.717) is 5.69 Å². The lowest BCUT2D eigenvalue weighted by Crippen LogP contribution is -2.27. The summed E-state index contributed by atoms with van der Waals surface area (Å²) in [6.45, 7) is 0. The Balaban J connectivity index is 2.24. The minimum atomic E-state index is -0.713. The molecule has 0 saturated heterocycles. The molecule has 0 unspecified atom stereocenters. The highest BCUT2D eigenvalue weighted by Gasteiger charge is 2.08. The van der Waals surface area contributed by atoms with Crippen molar-refractivity contribution in [1.82, 2.24) is 9.97 Å². The second kappa shape index (κ2) is 5.17. The Bertz CT molecular complexity index is 659. The van der Waals surface area contributed by atoms with Crippen LogP contribution in [0.15, 0.2) is 39.9 Å². The molecule has 0 spiro atoms. The van der Waals surface area contributed by atoms with Gasteiger partial charge in [-0.25, -0.2) is 4.79 Å². The normalized spacial score (nSPS) is 10.1. The Morgan fingerprint density at radius 2 is 1.78 bits per heavy atom. The van der Waals surface area contributed by atoms with Crippen LogP contribution >= 0.6 is 22.6 Å². The van der Waals surface area contributed by atoms with Crippen molar-refractivity contribution < 1.29 is 4.79 Å². The van der Waals surface area contributed by atoms with E-state index in [9.17, 15) is 14.4 Å². The molecule has 1 aromatic carbocycles. The number of aromatic nitrogens is 2. The van der Waals surface area contributed by atoms with Crippen LogP contribution in [0.25, 0.3) is 0 Å². The predicted molar refractivity (Wildman–Crippen MR) is 74.8 cm³/mol.